The van der Waals surface area contributed by atoms with E-state index in [0.29, 0.717) is 23.9 Å². The van der Waals surface area contributed by atoms with Gasteiger partial charge in [0.2, 0.25) is 0 Å². The molecule has 5 nitrogen and oxygen atoms in total. The van der Waals surface area contributed by atoms with Crippen LogP contribution in [0.4, 0.5) is 0 Å². The highest BCUT2D eigenvalue weighted by Gasteiger charge is 2.32. The molecule has 0 bridgehead atoms. The molecule has 3 rings (SSSR count). The van der Waals surface area contributed by atoms with Gasteiger partial charge in [0.1, 0.15) is 5.37 Å². The summed E-state index contributed by atoms with van der Waals surface area (Å²) in [6, 6.07) is 5.58. The standard InChI is InChI=1S/C13H16N2O3S/c1-9-5-6-10-11(8-9)15(13(16)14-10)12-4-2-3-7-19(12,17)18/h5-6,8,12H,2-4,7H2,1H3,(H,14,16). The molecule has 102 valence electrons. The molecule has 0 saturated carbocycles. The van der Waals surface area contributed by atoms with Crippen LogP contribution in [0.2, 0.25) is 0 Å². The predicted octanol–water partition coefficient (Wildman–Crippen LogP) is 1.74. The highest BCUT2D eigenvalue weighted by atomic mass is 32.2. The first-order valence-corrected chi connectivity index (χ1v) is 8.13. The number of aryl methyl sites for hydroxylation is 1. The van der Waals surface area contributed by atoms with Gasteiger partial charge in [-0.25, -0.2) is 13.2 Å². The van der Waals surface area contributed by atoms with Crippen molar-refractivity contribution in [3.8, 4) is 0 Å². The SMILES string of the molecule is Cc1ccc2[nH]c(=O)n(C3CCCCS3(=O)=O)c2c1. The highest BCUT2D eigenvalue weighted by molar-refractivity contribution is 7.91. The van der Waals surface area contributed by atoms with E-state index in [2.05, 4.69) is 4.98 Å². The van der Waals surface area contributed by atoms with E-state index in [1.165, 1.54) is 4.57 Å². The van der Waals surface area contributed by atoms with Gasteiger partial charge in [0.15, 0.2) is 9.84 Å². The number of rotatable bonds is 1. The number of benzene rings is 1. The van der Waals surface area contributed by atoms with Gasteiger partial charge in [-0.15, -0.1) is 0 Å². The number of nitrogens with zero attached hydrogens (tertiary/aromatic N) is 1. The van der Waals surface area contributed by atoms with Crippen molar-refractivity contribution in [2.45, 2.75) is 31.6 Å². The molecule has 0 amide bonds. The Labute approximate surface area is 111 Å². The summed E-state index contributed by atoms with van der Waals surface area (Å²) in [4.78, 5) is 14.8. The van der Waals surface area contributed by atoms with Crippen molar-refractivity contribution >= 4 is 20.9 Å². The average molecular weight is 280 g/mol. The van der Waals surface area contributed by atoms with Crippen molar-refractivity contribution in [3.63, 3.8) is 0 Å². The molecule has 1 saturated heterocycles. The van der Waals surface area contributed by atoms with Crippen LogP contribution in [0.3, 0.4) is 0 Å². The van der Waals surface area contributed by atoms with Crippen LogP contribution in [-0.4, -0.2) is 23.7 Å². The van der Waals surface area contributed by atoms with E-state index in [0.717, 1.165) is 12.0 Å². The fraction of sp³-hybridized carbons (Fsp3) is 0.462. The molecule has 1 aliphatic heterocycles. The maximum absolute atomic E-state index is 12.2. The molecule has 6 heteroatoms. The molecule has 0 radical (unpaired) electrons. The van der Waals surface area contributed by atoms with Gasteiger partial charge in [-0.1, -0.05) is 6.07 Å². The first-order chi connectivity index (χ1) is 8.99. The molecule has 0 aliphatic carbocycles. The fourth-order valence-corrected chi connectivity index (χ4v) is 4.68. The summed E-state index contributed by atoms with van der Waals surface area (Å²) in [6.07, 6.45) is 2.05. The minimum atomic E-state index is -3.23. The maximum atomic E-state index is 12.2. The minimum absolute atomic E-state index is 0.169. The third-order valence-electron chi connectivity index (χ3n) is 3.71. The Morgan fingerprint density at radius 1 is 1.32 bits per heavy atom. The lowest BCUT2D eigenvalue weighted by Gasteiger charge is -2.23. The van der Waals surface area contributed by atoms with Crippen LogP contribution in [0.15, 0.2) is 23.0 Å². The number of nitrogens with one attached hydrogen (secondary N) is 1. The topological polar surface area (TPSA) is 71.9 Å². The predicted molar refractivity (Wildman–Crippen MR) is 74.0 cm³/mol. The molecule has 19 heavy (non-hydrogen) atoms. The summed E-state index contributed by atoms with van der Waals surface area (Å²) < 4.78 is 25.8. The fourth-order valence-electron chi connectivity index (χ4n) is 2.74. The first-order valence-electron chi connectivity index (χ1n) is 6.41. The maximum Gasteiger partial charge on any atom is 0.327 e. The number of hydrogen-bond acceptors (Lipinski definition) is 3. The molecular formula is C13H16N2O3S. The van der Waals surface area contributed by atoms with E-state index in [9.17, 15) is 13.2 Å². The Morgan fingerprint density at radius 2 is 2.11 bits per heavy atom. The minimum Gasteiger partial charge on any atom is -0.306 e. The molecule has 1 atom stereocenters. The smallest absolute Gasteiger partial charge is 0.306 e. The van der Waals surface area contributed by atoms with Crippen molar-refractivity contribution < 1.29 is 8.42 Å². The molecular weight excluding hydrogens is 264 g/mol. The van der Waals surface area contributed by atoms with E-state index < -0.39 is 15.2 Å². The van der Waals surface area contributed by atoms with Crippen molar-refractivity contribution in [1.29, 1.82) is 0 Å². The second-order valence-corrected chi connectivity index (χ2v) is 7.42. The zero-order valence-corrected chi connectivity index (χ0v) is 11.5. The number of aromatic nitrogens is 2. The average Bonchev–Trinajstić information content (AvgIpc) is 2.65. The van der Waals surface area contributed by atoms with E-state index in [1.54, 1.807) is 0 Å². The lowest BCUT2D eigenvalue weighted by molar-refractivity contribution is 0.490. The Hall–Kier alpha value is -1.56. The lowest BCUT2D eigenvalue weighted by Crippen LogP contribution is -2.32. The largest absolute Gasteiger partial charge is 0.327 e. The van der Waals surface area contributed by atoms with Crippen LogP contribution >= 0.6 is 0 Å². The van der Waals surface area contributed by atoms with Crippen molar-refractivity contribution in [2.75, 3.05) is 5.75 Å². The van der Waals surface area contributed by atoms with E-state index in [1.807, 2.05) is 25.1 Å². The van der Waals surface area contributed by atoms with Crippen LogP contribution < -0.4 is 5.69 Å². The van der Waals surface area contributed by atoms with Crippen LogP contribution in [-0.2, 0) is 9.84 Å². The van der Waals surface area contributed by atoms with Gasteiger partial charge in [0, 0.05) is 0 Å². The van der Waals surface area contributed by atoms with Gasteiger partial charge in [-0.2, -0.15) is 0 Å². The molecule has 1 N–H and O–H groups in total. The summed E-state index contributed by atoms with van der Waals surface area (Å²) in [5, 5.41) is -0.718. The molecule has 1 aromatic heterocycles. The first kappa shape index (κ1) is 12.5. The third-order valence-corrected chi connectivity index (χ3v) is 5.84. The molecule has 1 aromatic carbocycles. The molecule has 2 heterocycles. The Balaban J connectivity index is 2.27. The number of fused-ring (bicyclic) bond motifs is 1. The second-order valence-electron chi connectivity index (χ2n) is 5.14. The van der Waals surface area contributed by atoms with Crippen LogP contribution in [0, 0.1) is 6.92 Å². The quantitative estimate of drug-likeness (QED) is 0.864. The van der Waals surface area contributed by atoms with Crippen LogP contribution in [0.1, 0.15) is 30.2 Å². The number of hydrogen-bond donors (Lipinski definition) is 1. The van der Waals surface area contributed by atoms with Crippen molar-refractivity contribution in [3.05, 3.63) is 34.2 Å². The van der Waals surface area contributed by atoms with E-state index >= 15 is 0 Å². The van der Waals surface area contributed by atoms with Gasteiger partial charge in [-0.05, 0) is 43.9 Å². The number of aromatic amines is 1. The third kappa shape index (κ3) is 2.00. The van der Waals surface area contributed by atoms with Crippen molar-refractivity contribution in [1.82, 2.24) is 9.55 Å². The molecule has 1 unspecified atom stereocenters. The van der Waals surface area contributed by atoms with Gasteiger partial charge in [0.25, 0.3) is 0 Å². The Bertz CT molecular complexity index is 786. The monoisotopic (exact) mass is 280 g/mol. The van der Waals surface area contributed by atoms with Crippen LogP contribution in [0.25, 0.3) is 11.0 Å². The summed E-state index contributed by atoms with van der Waals surface area (Å²) in [5.41, 5.74) is 2.04. The number of H-pyrrole nitrogens is 1. The number of sulfone groups is 1. The Morgan fingerprint density at radius 3 is 2.84 bits per heavy atom. The Kier molecular flexibility index (Phi) is 2.78. The molecule has 2 aromatic rings. The number of imidazole rings is 1. The molecule has 1 fully saturated rings. The van der Waals surface area contributed by atoms with Gasteiger partial charge in [-0.3, -0.25) is 4.57 Å². The zero-order chi connectivity index (χ0) is 13.6. The summed E-state index contributed by atoms with van der Waals surface area (Å²) in [7, 11) is -3.23. The lowest BCUT2D eigenvalue weighted by atomic mass is 10.2. The molecule has 1 aliphatic rings. The van der Waals surface area contributed by atoms with E-state index in [-0.39, 0.29) is 11.4 Å². The normalized spacial score (nSPS) is 22.7. The second kappa shape index (κ2) is 4.23. The highest BCUT2D eigenvalue weighted by Crippen LogP contribution is 2.30. The van der Waals surface area contributed by atoms with Gasteiger partial charge in [0.05, 0.1) is 16.8 Å². The van der Waals surface area contributed by atoms with E-state index in [4.69, 9.17) is 0 Å². The van der Waals surface area contributed by atoms with Crippen LogP contribution in [0.5, 0.6) is 0 Å². The van der Waals surface area contributed by atoms with Gasteiger partial charge >= 0.3 is 5.69 Å². The summed E-state index contributed by atoms with van der Waals surface area (Å²) in [5.74, 6) is 0.169. The van der Waals surface area contributed by atoms with Gasteiger partial charge < -0.3 is 4.98 Å². The zero-order valence-electron chi connectivity index (χ0n) is 10.7. The van der Waals surface area contributed by atoms with Crippen molar-refractivity contribution in [2.24, 2.45) is 0 Å². The summed E-state index contributed by atoms with van der Waals surface area (Å²) >= 11 is 0. The summed E-state index contributed by atoms with van der Waals surface area (Å²) in [6.45, 7) is 1.93. The molecule has 0 spiro atoms.